The van der Waals surface area contributed by atoms with Crippen molar-refractivity contribution in [3.8, 4) is 5.75 Å². The molecule has 3 nitrogen and oxygen atoms in total. The molecule has 0 fully saturated rings. The van der Waals surface area contributed by atoms with Crippen molar-refractivity contribution in [1.82, 2.24) is 5.32 Å². The average molecular weight is 237 g/mol. The van der Waals surface area contributed by atoms with Crippen molar-refractivity contribution in [2.75, 3.05) is 13.7 Å². The van der Waals surface area contributed by atoms with Crippen LogP contribution in [0.15, 0.2) is 24.3 Å². The van der Waals surface area contributed by atoms with Gasteiger partial charge in [0, 0.05) is 19.7 Å². The van der Waals surface area contributed by atoms with E-state index >= 15 is 0 Å². The highest BCUT2D eigenvalue weighted by Crippen LogP contribution is 2.13. The number of nitrogens with one attached hydrogen (secondary N) is 1. The SMILES string of the molecule is COC(C)COc1cccc(CNC(C)C)c1. The Labute approximate surface area is 104 Å². The second-order valence-corrected chi connectivity index (χ2v) is 4.54. The maximum atomic E-state index is 5.65. The highest BCUT2D eigenvalue weighted by atomic mass is 16.5. The van der Waals surface area contributed by atoms with Gasteiger partial charge in [0.15, 0.2) is 0 Å². The van der Waals surface area contributed by atoms with E-state index in [0.717, 1.165) is 12.3 Å². The minimum absolute atomic E-state index is 0.118. The fourth-order valence-corrected chi connectivity index (χ4v) is 1.35. The Hall–Kier alpha value is -1.06. The maximum absolute atomic E-state index is 5.65. The molecule has 0 saturated heterocycles. The number of rotatable bonds is 7. The van der Waals surface area contributed by atoms with E-state index in [2.05, 4.69) is 31.3 Å². The number of hydrogen-bond donors (Lipinski definition) is 1. The zero-order valence-electron chi connectivity index (χ0n) is 11.2. The molecule has 1 unspecified atom stereocenters. The quantitative estimate of drug-likeness (QED) is 0.790. The summed E-state index contributed by atoms with van der Waals surface area (Å²) in [6, 6.07) is 8.65. The van der Waals surface area contributed by atoms with Gasteiger partial charge in [-0.1, -0.05) is 26.0 Å². The number of benzene rings is 1. The molecule has 0 aromatic heterocycles. The van der Waals surface area contributed by atoms with Crippen molar-refractivity contribution in [3.63, 3.8) is 0 Å². The summed E-state index contributed by atoms with van der Waals surface area (Å²) < 4.78 is 10.8. The van der Waals surface area contributed by atoms with Crippen LogP contribution in [0.5, 0.6) is 5.75 Å². The third-order valence-electron chi connectivity index (χ3n) is 2.50. The number of methoxy groups -OCH3 is 1. The molecule has 1 aromatic rings. The van der Waals surface area contributed by atoms with Crippen LogP contribution in [0.3, 0.4) is 0 Å². The fraction of sp³-hybridized carbons (Fsp3) is 0.571. The minimum atomic E-state index is 0.118. The van der Waals surface area contributed by atoms with Crippen molar-refractivity contribution in [2.45, 2.75) is 39.5 Å². The van der Waals surface area contributed by atoms with Crippen LogP contribution < -0.4 is 10.1 Å². The largest absolute Gasteiger partial charge is 0.491 e. The first-order chi connectivity index (χ1) is 8.11. The van der Waals surface area contributed by atoms with E-state index < -0.39 is 0 Å². The van der Waals surface area contributed by atoms with Gasteiger partial charge in [0.25, 0.3) is 0 Å². The molecule has 96 valence electrons. The van der Waals surface area contributed by atoms with Crippen LogP contribution in [-0.2, 0) is 11.3 Å². The summed E-state index contributed by atoms with van der Waals surface area (Å²) in [7, 11) is 1.69. The molecule has 1 atom stereocenters. The molecule has 0 heterocycles. The van der Waals surface area contributed by atoms with E-state index in [0.29, 0.717) is 12.6 Å². The Morgan fingerprint density at radius 3 is 2.65 bits per heavy atom. The van der Waals surface area contributed by atoms with Crippen LogP contribution in [-0.4, -0.2) is 25.9 Å². The maximum Gasteiger partial charge on any atom is 0.119 e. The van der Waals surface area contributed by atoms with E-state index in [9.17, 15) is 0 Å². The molecule has 0 amide bonds. The molecular formula is C14H23NO2. The van der Waals surface area contributed by atoms with E-state index in [1.54, 1.807) is 7.11 Å². The smallest absolute Gasteiger partial charge is 0.119 e. The second kappa shape index (κ2) is 7.30. The van der Waals surface area contributed by atoms with Crippen LogP contribution in [0, 0.1) is 0 Å². The molecule has 0 aliphatic rings. The highest BCUT2D eigenvalue weighted by Gasteiger charge is 2.02. The molecule has 0 radical (unpaired) electrons. The number of hydrogen-bond acceptors (Lipinski definition) is 3. The van der Waals surface area contributed by atoms with Gasteiger partial charge in [-0.25, -0.2) is 0 Å². The summed E-state index contributed by atoms with van der Waals surface area (Å²) >= 11 is 0. The van der Waals surface area contributed by atoms with Crippen molar-refractivity contribution < 1.29 is 9.47 Å². The molecule has 0 aliphatic heterocycles. The molecule has 1 N–H and O–H groups in total. The summed E-state index contributed by atoms with van der Waals surface area (Å²) in [5.41, 5.74) is 1.24. The predicted octanol–water partition coefficient (Wildman–Crippen LogP) is 2.60. The Kier molecular flexibility index (Phi) is 6.01. The standard InChI is InChI=1S/C14H23NO2/c1-11(2)15-9-13-6-5-7-14(8-13)17-10-12(3)16-4/h5-8,11-12,15H,9-10H2,1-4H3. The summed E-state index contributed by atoms with van der Waals surface area (Å²) in [5.74, 6) is 0.900. The van der Waals surface area contributed by atoms with Gasteiger partial charge in [-0.2, -0.15) is 0 Å². The predicted molar refractivity (Wildman–Crippen MR) is 70.4 cm³/mol. The molecule has 1 aromatic carbocycles. The normalized spacial score (nSPS) is 12.8. The van der Waals surface area contributed by atoms with E-state index in [4.69, 9.17) is 9.47 Å². The monoisotopic (exact) mass is 237 g/mol. The molecule has 0 bridgehead atoms. The lowest BCUT2D eigenvalue weighted by Crippen LogP contribution is -2.21. The van der Waals surface area contributed by atoms with E-state index in [-0.39, 0.29) is 6.10 Å². The highest BCUT2D eigenvalue weighted by molar-refractivity contribution is 5.28. The lowest BCUT2D eigenvalue weighted by atomic mass is 10.2. The summed E-state index contributed by atoms with van der Waals surface area (Å²) in [6.45, 7) is 7.72. The molecular weight excluding hydrogens is 214 g/mol. The van der Waals surface area contributed by atoms with Gasteiger partial charge in [-0.15, -0.1) is 0 Å². The molecule has 1 rings (SSSR count). The first-order valence-electron chi connectivity index (χ1n) is 6.09. The Morgan fingerprint density at radius 1 is 1.24 bits per heavy atom. The molecule has 0 aliphatic carbocycles. The third kappa shape index (κ3) is 5.71. The van der Waals surface area contributed by atoms with Gasteiger partial charge < -0.3 is 14.8 Å². The van der Waals surface area contributed by atoms with Crippen LogP contribution in [0.25, 0.3) is 0 Å². The molecule has 0 spiro atoms. The van der Waals surface area contributed by atoms with Crippen LogP contribution >= 0.6 is 0 Å². The summed E-state index contributed by atoms with van der Waals surface area (Å²) in [4.78, 5) is 0. The van der Waals surface area contributed by atoms with Gasteiger partial charge in [0.1, 0.15) is 12.4 Å². The van der Waals surface area contributed by atoms with Crippen molar-refractivity contribution >= 4 is 0 Å². The number of ether oxygens (including phenoxy) is 2. The van der Waals surface area contributed by atoms with Crippen molar-refractivity contribution in [3.05, 3.63) is 29.8 Å². The third-order valence-corrected chi connectivity index (χ3v) is 2.50. The summed E-state index contributed by atoms with van der Waals surface area (Å²) in [5, 5.41) is 3.38. The fourth-order valence-electron chi connectivity index (χ4n) is 1.35. The van der Waals surface area contributed by atoms with E-state index in [1.165, 1.54) is 5.56 Å². The van der Waals surface area contributed by atoms with Gasteiger partial charge in [0.05, 0.1) is 6.10 Å². The Morgan fingerprint density at radius 2 is 2.00 bits per heavy atom. The van der Waals surface area contributed by atoms with Gasteiger partial charge in [0.2, 0.25) is 0 Å². The van der Waals surface area contributed by atoms with Crippen molar-refractivity contribution in [2.24, 2.45) is 0 Å². The topological polar surface area (TPSA) is 30.5 Å². The zero-order valence-corrected chi connectivity index (χ0v) is 11.2. The van der Waals surface area contributed by atoms with Crippen LogP contribution in [0.1, 0.15) is 26.3 Å². The molecule has 17 heavy (non-hydrogen) atoms. The zero-order chi connectivity index (χ0) is 12.7. The molecule has 0 saturated carbocycles. The van der Waals surface area contributed by atoms with Gasteiger partial charge in [-0.3, -0.25) is 0 Å². The van der Waals surface area contributed by atoms with Crippen molar-refractivity contribution in [1.29, 1.82) is 0 Å². The van der Waals surface area contributed by atoms with Crippen LogP contribution in [0.4, 0.5) is 0 Å². The minimum Gasteiger partial charge on any atom is -0.491 e. The Bertz CT molecular complexity index is 326. The first kappa shape index (κ1) is 14.0. The van der Waals surface area contributed by atoms with E-state index in [1.807, 2.05) is 19.1 Å². The van der Waals surface area contributed by atoms with Gasteiger partial charge >= 0.3 is 0 Å². The lowest BCUT2D eigenvalue weighted by Gasteiger charge is -2.13. The lowest BCUT2D eigenvalue weighted by molar-refractivity contribution is 0.0716. The summed E-state index contributed by atoms with van der Waals surface area (Å²) in [6.07, 6.45) is 0.118. The average Bonchev–Trinajstić information content (AvgIpc) is 2.34. The second-order valence-electron chi connectivity index (χ2n) is 4.54. The first-order valence-corrected chi connectivity index (χ1v) is 6.09. The Balaban J connectivity index is 2.47. The van der Waals surface area contributed by atoms with Crippen LogP contribution in [0.2, 0.25) is 0 Å². The van der Waals surface area contributed by atoms with Gasteiger partial charge in [-0.05, 0) is 24.6 Å². The molecule has 3 heteroatoms.